The van der Waals surface area contributed by atoms with Crippen molar-refractivity contribution in [3.05, 3.63) is 34.6 Å². The Balaban J connectivity index is 2.00. The molecule has 0 bridgehead atoms. The minimum atomic E-state index is -0.687. The molecule has 0 radical (unpaired) electrons. The summed E-state index contributed by atoms with van der Waals surface area (Å²) in [5, 5.41) is 10.0. The van der Waals surface area contributed by atoms with Crippen LogP contribution in [-0.4, -0.2) is 29.1 Å². The third-order valence-electron chi connectivity index (χ3n) is 4.40. The summed E-state index contributed by atoms with van der Waals surface area (Å²) in [6.45, 7) is 4.00. The molecule has 1 aromatic carbocycles. The quantitative estimate of drug-likeness (QED) is 0.895. The molecule has 0 unspecified atom stereocenters. The van der Waals surface area contributed by atoms with Gasteiger partial charge in [0.25, 0.3) is 0 Å². The molecule has 116 valence electrons. The molecule has 21 heavy (non-hydrogen) atoms. The maximum Gasteiger partial charge on any atom is 0.309 e. The van der Waals surface area contributed by atoms with E-state index in [-0.39, 0.29) is 5.82 Å². The first kappa shape index (κ1) is 16.2. The summed E-state index contributed by atoms with van der Waals surface area (Å²) in [4.78, 5) is 13.7. The van der Waals surface area contributed by atoms with E-state index in [1.54, 1.807) is 6.07 Å². The molecule has 1 fully saturated rings. The van der Waals surface area contributed by atoms with Crippen molar-refractivity contribution in [2.24, 2.45) is 5.41 Å². The second-order valence-electron chi connectivity index (χ2n) is 5.85. The highest BCUT2D eigenvalue weighted by Gasteiger charge is 2.40. The van der Waals surface area contributed by atoms with Gasteiger partial charge in [0.1, 0.15) is 5.82 Å². The Morgan fingerprint density at radius 1 is 1.43 bits per heavy atom. The normalized spacial score (nSPS) is 18.6. The number of benzene rings is 1. The molecule has 0 aliphatic carbocycles. The van der Waals surface area contributed by atoms with Crippen LogP contribution in [0, 0.1) is 11.2 Å². The van der Waals surface area contributed by atoms with Crippen molar-refractivity contribution in [1.29, 1.82) is 0 Å². The third-order valence-corrected chi connectivity index (χ3v) is 4.77. The summed E-state index contributed by atoms with van der Waals surface area (Å²) in [5.41, 5.74) is 0.173. The van der Waals surface area contributed by atoms with E-state index in [0.717, 1.165) is 18.4 Å². The topological polar surface area (TPSA) is 40.5 Å². The highest BCUT2D eigenvalue weighted by Crippen LogP contribution is 2.37. The zero-order valence-electron chi connectivity index (χ0n) is 12.2. The van der Waals surface area contributed by atoms with Crippen LogP contribution in [0.1, 0.15) is 38.2 Å². The van der Waals surface area contributed by atoms with Crippen LogP contribution < -0.4 is 0 Å². The number of rotatable bonds is 5. The van der Waals surface area contributed by atoms with E-state index in [1.165, 1.54) is 12.1 Å². The summed E-state index contributed by atoms with van der Waals surface area (Å²) >= 11 is 6.08. The molecule has 1 aliphatic heterocycles. The van der Waals surface area contributed by atoms with E-state index in [0.29, 0.717) is 37.5 Å². The molecule has 1 heterocycles. The monoisotopic (exact) mass is 313 g/mol. The van der Waals surface area contributed by atoms with Crippen LogP contribution in [-0.2, 0) is 11.3 Å². The maximum absolute atomic E-state index is 13.3. The van der Waals surface area contributed by atoms with Crippen LogP contribution in [0.3, 0.4) is 0 Å². The summed E-state index contributed by atoms with van der Waals surface area (Å²) < 4.78 is 13.3. The predicted octanol–water partition coefficient (Wildman–Crippen LogP) is 3.95. The average Bonchev–Trinajstić information content (AvgIpc) is 2.45. The number of hydrogen-bond acceptors (Lipinski definition) is 2. The zero-order chi connectivity index (χ0) is 15.5. The van der Waals surface area contributed by atoms with Gasteiger partial charge in [0.15, 0.2) is 0 Å². The molecule has 1 aromatic rings. The summed E-state index contributed by atoms with van der Waals surface area (Å²) in [6.07, 6.45) is 2.88. The van der Waals surface area contributed by atoms with E-state index in [2.05, 4.69) is 4.90 Å². The SMILES string of the molecule is CCCC1(C(=O)O)CCN(Cc2cc(F)ccc2Cl)CC1. The van der Waals surface area contributed by atoms with Crippen LogP contribution in [0.4, 0.5) is 4.39 Å². The van der Waals surface area contributed by atoms with E-state index in [4.69, 9.17) is 11.6 Å². The molecule has 1 aliphatic rings. The van der Waals surface area contributed by atoms with Crippen molar-refractivity contribution in [2.75, 3.05) is 13.1 Å². The van der Waals surface area contributed by atoms with Crippen molar-refractivity contribution in [3.8, 4) is 0 Å². The van der Waals surface area contributed by atoms with E-state index < -0.39 is 11.4 Å². The Bertz CT molecular complexity index is 513. The molecule has 3 nitrogen and oxygen atoms in total. The van der Waals surface area contributed by atoms with Crippen LogP contribution in [0.15, 0.2) is 18.2 Å². The predicted molar refractivity (Wildman–Crippen MR) is 80.9 cm³/mol. The smallest absolute Gasteiger partial charge is 0.309 e. The molecule has 1 saturated heterocycles. The maximum atomic E-state index is 13.3. The van der Waals surface area contributed by atoms with Crippen molar-refractivity contribution in [1.82, 2.24) is 4.90 Å². The van der Waals surface area contributed by atoms with Gasteiger partial charge in [-0.2, -0.15) is 0 Å². The van der Waals surface area contributed by atoms with Gasteiger partial charge >= 0.3 is 5.97 Å². The van der Waals surface area contributed by atoms with Crippen molar-refractivity contribution >= 4 is 17.6 Å². The van der Waals surface area contributed by atoms with Crippen LogP contribution >= 0.6 is 11.6 Å². The lowest BCUT2D eigenvalue weighted by atomic mass is 9.75. The fourth-order valence-electron chi connectivity index (χ4n) is 3.09. The Kier molecular flexibility index (Phi) is 5.22. The lowest BCUT2D eigenvalue weighted by Gasteiger charge is -2.39. The van der Waals surface area contributed by atoms with Crippen molar-refractivity contribution in [2.45, 2.75) is 39.2 Å². The number of carbonyl (C=O) groups is 1. The van der Waals surface area contributed by atoms with Gasteiger partial charge in [-0.1, -0.05) is 24.9 Å². The van der Waals surface area contributed by atoms with Gasteiger partial charge in [0.2, 0.25) is 0 Å². The first-order valence-corrected chi connectivity index (χ1v) is 7.74. The van der Waals surface area contributed by atoms with E-state index in [9.17, 15) is 14.3 Å². The molecule has 0 amide bonds. The van der Waals surface area contributed by atoms with Crippen molar-refractivity contribution in [3.63, 3.8) is 0 Å². The minimum absolute atomic E-state index is 0.294. The third kappa shape index (κ3) is 3.74. The summed E-state index contributed by atoms with van der Waals surface area (Å²) in [7, 11) is 0. The van der Waals surface area contributed by atoms with Crippen LogP contribution in [0.2, 0.25) is 5.02 Å². The fraction of sp³-hybridized carbons (Fsp3) is 0.562. The zero-order valence-corrected chi connectivity index (χ0v) is 13.0. The number of halogens is 2. The Hall–Kier alpha value is -1.13. The van der Waals surface area contributed by atoms with Gasteiger partial charge in [0.05, 0.1) is 5.41 Å². The van der Waals surface area contributed by atoms with Gasteiger partial charge in [-0.3, -0.25) is 9.69 Å². The van der Waals surface area contributed by atoms with E-state index >= 15 is 0 Å². The van der Waals surface area contributed by atoms with E-state index in [1.807, 2.05) is 6.92 Å². The number of carboxylic acids is 1. The summed E-state index contributed by atoms with van der Waals surface area (Å²) in [5.74, 6) is -0.981. The second-order valence-corrected chi connectivity index (χ2v) is 6.25. The van der Waals surface area contributed by atoms with Crippen molar-refractivity contribution < 1.29 is 14.3 Å². The summed E-state index contributed by atoms with van der Waals surface area (Å²) in [6, 6.07) is 4.36. The highest BCUT2D eigenvalue weighted by molar-refractivity contribution is 6.31. The second kappa shape index (κ2) is 6.75. The van der Waals surface area contributed by atoms with Gasteiger partial charge in [0, 0.05) is 11.6 Å². The Morgan fingerprint density at radius 3 is 2.67 bits per heavy atom. The van der Waals surface area contributed by atoms with Crippen LogP contribution in [0.5, 0.6) is 0 Å². The molecular weight excluding hydrogens is 293 g/mol. The molecule has 0 saturated carbocycles. The lowest BCUT2D eigenvalue weighted by Crippen LogP contribution is -2.44. The minimum Gasteiger partial charge on any atom is -0.481 e. The molecule has 2 rings (SSSR count). The molecule has 1 N–H and O–H groups in total. The first-order valence-electron chi connectivity index (χ1n) is 7.36. The largest absolute Gasteiger partial charge is 0.481 e. The number of aliphatic carboxylic acids is 1. The fourth-order valence-corrected chi connectivity index (χ4v) is 3.27. The first-order chi connectivity index (χ1) is 9.97. The molecule has 0 atom stereocenters. The van der Waals surface area contributed by atoms with Gasteiger partial charge in [-0.15, -0.1) is 0 Å². The van der Waals surface area contributed by atoms with Crippen LogP contribution in [0.25, 0.3) is 0 Å². The number of piperidine rings is 1. The lowest BCUT2D eigenvalue weighted by molar-refractivity contribution is -0.152. The molecule has 0 aromatic heterocycles. The molecule has 0 spiro atoms. The number of carboxylic acid groups (broad SMARTS) is 1. The van der Waals surface area contributed by atoms with Gasteiger partial charge in [-0.25, -0.2) is 4.39 Å². The molecular formula is C16H21ClFNO2. The Labute approximate surface area is 129 Å². The molecule has 5 heteroatoms. The average molecular weight is 314 g/mol. The highest BCUT2D eigenvalue weighted by atomic mass is 35.5. The number of nitrogens with zero attached hydrogens (tertiary/aromatic N) is 1. The Morgan fingerprint density at radius 2 is 2.10 bits per heavy atom. The standard InChI is InChI=1S/C16H21ClFNO2/c1-2-5-16(15(20)21)6-8-19(9-7-16)11-12-10-13(18)3-4-14(12)17/h3-4,10H,2,5-9,11H2,1H3,(H,20,21). The van der Waals surface area contributed by atoms with Gasteiger partial charge < -0.3 is 5.11 Å². The number of likely N-dealkylation sites (tertiary alicyclic amines) is 1. The van der Waals surface area contributed by atoms with Gasteiger partial charge in [-0.05, 0) is 56.1 Å². The number of hydrogen-bond donors (Lipinski definition) is 1.